The van der Waals surface area contributed by atoms with Gasteiger partial charge < -0.3 is 9.64 Å². The highest BCUT2D eigenvalue weighted by Gasteiger charge is 2.24. The molecule has 0 radical (unpaired) electrons. The molecule has 0 atom stereocenters. The molecule has 0 aliphatic rings. The summed E-state index contributed by atoms with van der Waals surface area (Å²) in [6.45, 7) is -0.663. The van der Waals surface area contributed by atoms with Gasteiger partial charge in [0.1, 0.15) is 12.4 Å². The van der Waals surface area contributed by atoms with Crippen LogP contribution in [0, 0.1) is 5.82 Å². The fourth-order valence-electron chi connectivity index (χ4n) is 2.10. The number of esters is 1. The van der Waals surface area contributed by atoms with Gasteiger partial charge in [-0.2, -0.15) is 15.6 Å². The Balaban J connectivity index is 1.85. The minimum absolute atomic E-state index is 0.147. The van der Waals surface area contributed by atoms with Crippen molar-refractivity contribution < 1.29 is 27.1 Å². The molecule has 2 rings (SSSR count). The summed E-state index contributed by atoms with van der Waals surface area (Å²) in [5, 5.41) is 3.80. The summed E-state index contributed by atoms with van der Waals surface area (Å²) < 4.78 is 43.2. The SMILES string of the molecule is CN(Cc1ccsc1)C(=O)COC(=O)CN(C)S(=O)(=O)c1ccc(F)cc1. The van der Waals surface area contributed by atoms with Crippen LogP contribution in [0.3, 0.4) is 0 Å². The second kappa shape index (κ2) is 9.07. The van der Waals surface area contributed by atoms with Crippen LogP contribution in [-0.4, -0.2) is 56.7 Å². The summed E-state index contributed by atoms with van der Waals surface area (Å²) in [5.74, 6) is -1.83. The molecule has 0 bridgehead atoms. The number of thiophene rings is 1. The van der Waals surface area contributed by atoms with Crippen molar-refractivity contribution in [3.63, 3.8) is 0 Å². The minimum Gasteiger partial charge on any atom is -0.455 e. The third-order valence-corrected chi connectivity index (χ3v) is 6.21. The van der Waals surface area contributed by atoms with Gasteiger partial charge in [0.2, 0.25) is 10.0 Å². The van der Waals surface area contributed by atoms with Crippen LogP contribution >= 0.6 is 11.3 Å². The maximum atomic E-state index is 12.9. The van der Waals surface area contributed by atoms with Gasteiger partial charge in [-0.05, 0) is 46.7 Å². The Morgan fingerprint density at radius 1 is 1.15 bits per heavy atom. The van der Waals surface area contributed by atoms with Crippen molar-refractivity contribution in [2.75, 3.05) is 27.2 Å². The van der Waals surface area contributed by atoms with Gasteiger partial charge in [-0.1, -0.05) is 0 Å². The lowest BCUT2D eigenvalue weighted by Gasteiger charge is -2.18. The van der Waals surface area contributed by atoms with E-state index < -0.39 is 40.9 Å². The number of nitrogens with zero attached hydrogens (tertiary/aromatic N) is 2. The number of carbonyl (C=O) groups is 2. The van der Waals surface area contributed by atoms with Crippen molar-refractivity contribution in [3.8, 4) is 0 Å². The summed E-state index contributed by atoms with van der Waals surface area (Å²) in [4.78, 5) is 25.1. The van der Waals surface area contributed by atoms with Crippen molar-refractivity contribution in [2.45, 2.75) is 11.4 Å². The lowest BCUT2D eigenvalue weighted by atomic mass is 10.3. The van der Waals surface area contributed by atoms with Gasteiger partial charge in [0.15, 0.2) is 6.61 Å². The van der Waals surface area contributed by atoms with E-state index in [-0.39, 0.29) is 4.90 Å². The summed E-state index contributed by atoms with van der Waals surface area (Å²) in [5.41, 5.74) is 0.965. The number of carbonyl (C=O) groups excluding carboxylic acids is 2. The predicted molar refractivity (Wildman–Crippen MR) is 98.0 cm³/mol. The van der Waals surface area contributed by atoms with Gasteiger partial charge in [-0.25, -0.2) is 12.8 Å². The number of hydrogen-bond acceptors (Lipinski definition) is 6. The summed E-state index contributed by atoms with van der Waals surface area (Å²) in [6.07, 6.45) is 0. The molecule has 0 fully saturated rings. The van der Waals surface area contributed by atoms with Crippen LogP contribution in [0.4, 0.5) is 4.39 Å². The lowest BCUT2D eigenvalue weighted by molar-refractivity contribution is -0.151. The van der Waals surface area contributed by atoms with Gasteiger partial charge in [-0.3, -0.25) is 9.59 Å². The van der Waals surface area contributed by atoms with E-state index in [0.29, 0.717) is 6.54 Å². The van der Waals surface area contributed by atoms with E-state index in [9.17, 15) is 22.4 Å². The van der Waals surface area contributed by atoms with Gasteiger partial charge >= 0.3 is 5.97 Å². The van der Waals surface area contributed by atoms with Crippen LogP contribution in [0.5, 0.6) is 0 Å². The Morgan fingerprint density at radius 2 is 1.81 bits per heavy atom. The van der Waals surface area contributed by atoms with E-state index in [1.807, 2.05) is 16.8 Å². The van der Waals surface area contributed by atoms with Crippen molar-refractivity contribution in [3.05, 3.63) is 52.5 Å². The Kier molecular flexibility index (Phi) is 7.05. The molecule has 0 saturated heterocycles. The third-order valence-electron chi connectivity index (χ3n) is 3.66. The number of likely N-dealkylation sites (N-methyl/N-ethyl adjacent to an activating group) is 2. The smallest absolute Gasteiger partial charge is 0.321 e. The lowest BCUT2D eigenvalue weighted by Crippen LogP contribution is -2.35. The highest BCUT2D eigenvalue weighted by Crippen LogP contribution is 2.14. The fourth-order valence-corrected chi connectivity index (χ4v) is 3.87. The Labute approximate surface area is 161 Å². The number of ether oxygens (including phenoxy) is 1. The Hall–Kier alpha value is -2.30. The molecule has 1 heterocycles. The number of amides is 1. The van der Waals surface area contributed by atoms with Crippen LogP contribution in [0.25, 0.3) is 0 Å². The molecular weight excluding hydrogens is 395 g/mol. The zero-order valence-electron chi connectivity index (χ0n) is 14.8. The molecule has 1 aromatic heterocycles. The topological polar surface area (TPSA) is 84.0 Å². The molecule has 27 heavy (non-hydrogen) atoms. The van der Waals surface area contributed by atoms with Crippen LogP contribution in [0.1, 0.15) is 5.56 Å². The number of halogens is 1. The maximum Gasteiger partial charge on any atom is 0.321 e. The summed E-state index contributed by atoms with van der Waals surface area (Å²) in [7, 11) is -1.19. The normalized spacial score (nSPS) is 11.4. The molecule has 7 nitrogen and oxygen atoms in total. The van der Waals surface area contributed by atoms with Crippen LogP contribution < -0.4 is 0 Å². The standard InChI is InChI=1S/C17H19FN2O5S2/c1-19(9-13-7-8-26-12-13)16(21)11-25-17(22)10-20(2)27(23,24)15-5-3-14(18)4-6-15/h3-8,12H,9-11H2,1-2H3. The van der Waals surface area contributed by atoms with E-state index in [1.165, 1.54) is 23.3 Å². The fraction of sp³-hybridized carbons (Fsp3) is 0.294. The largest absolute Gasteiger partial charge is 0.455 e. The van der Waals surface area contributed by atoms with Crippen molar-refractivity contribution in [1.29, 1.82) is 0 Å². The number of sulfonamides is 1. The van der Waals surface area contributed by atoms with Crippen LogP contribution in [0.15, 0.2) is 46.0 Å². The molecule has 146 valence electrons. The quantitative estimate of drug-likeness (QED) is 0.614. The van der Waals surface area contributed by atoms with Gasteiger partial charge in [0.25, 0.3) is 5.91 Å². The first-order chi connectivity index (χ1) is 12.7. The third kappa shape index (κ3) is 5.84. The summed E-state index contributed by atoms with van der Waals surface area (Å²) in [6, 6.07) is 6.13. The summed E-state index contributed by atoms with van der Waals surface area (Å²) >= 11 is 1.51. The molecule has 1 amide bonds. The first-order valence-electron chi connectivity index (χ1n) is 7.82. The Morgan fingerprint density at radius 3 is 2.41 bits per heavy atom. The molecule has 0 N–H and O–H groups in total. The number of rotatable bonds is 8. The Bertz CT molecular complexity index is 883. The van der Waals surface area contributed by atoms with Gasteiger partial charge in [0, 0.05) is 20.6 Å². The van der Waals surface area contributed by atoms with Crippen LogP contribution in [0.2, 0.25) is 0 Å². The molecular formula is C17H19FN2O5S2. The highest BCUT2D eigenvalue weighted by molar-refractivity contribution is 7.89. The molecule has 0 unspecified atom stereocenters. The molecule has 0 aliphatic carbocycles. The van der Waals surface area contributed by atoms with Crippen molar-refractivity contribution in [1.82, 2.24) is 9.21 Å². The average molecular weight is 414 g/mol. The first kappa shape index (κ1) is 21.0. The van der Waals surface area contributed by atoms with Crippen LogP contribution in [-0.2, 0) is 30.9 Å². The van der Waals surface area contributed by atoms with E-state index in [1.54, 1.807) is 7.05 Å². The van der Waals surface area contributed by atoms with E-state index in [2.05, 4.69) is 0 Å². The molecule has 1 aromatic carbocycles. The van der Waals surface area contributed by atoms with Crippen molar-refractivity contribution in [2.24, 2.45) is 0 Å². The van der Waals surface area contributed by atoms with E-state index >= 15 is 0 Å². The zero-order valence-corrected chi connectivity index (χ0v) is 16.4. The maximum absolute atomic E-state index is 12.9. The first-order valence-corrected chi connectivity index (χ1v) is 10.2. The number of hydrogen-bond donors (Lipinski definition) is 0. The molecule has 0 saturated carbocycles. The average Bonchev–Trinajstić information content (AvgIpc) is 3.12. The second-order valence-corrected chi connectivity index (χ2v) is 8.58. The monoisotopic (exact) mass is 414 g/mol. The highest BCUT2D eigenvalue weighted by atomic mass is 32.2. The van der Waals surface area contributed by atoms with Crippen molar-refractivity contribution >= 4 is 33.2 Å². The van der Waals surface area contributed by atoms with E-state index in [4.69, 9.17) is 4.74 Å². The second-order valence-electron chi connectivity index (χ2n) is 5.76. The minimum atomic E-state index is -3.97. The van der Waals surface area contributed by atoms with Gasteiger partial charge in [0.05, 0.1) is 4.90 Å². The predicted octanol–water partition coefficient (Wildman–Crippen LogP) is 1.71. The molecule has 2 aromatic rings. The molecule has 0 aliphatic heterocycles. The van der Waals surface area contributed by atoms with E-state index in [0.717, 1.165) is 34.1 Å². The number of benzene rings is 1. The molecule has 10 heteroatoms. The van der Waals surface area contributed by atoms with Gasteiger partial charge in [-0.15, -0.1) is 0 Å². The molecule has 0 spiro atoms. The zero-order chi connectivity index (χ0) is 20.0.